The topological polar surface area (TPSA) is 27.7 Å². The van der Waals surface area contributed by atoms with E-state index in [0.29, 0.717) is 0 Å². The third-order valence-electron chi connectivity index (χ3n) is 4.19. The fourth-order valence-electron chi connectivity index (χ4n) is 2.77. The van der Waals surface area contributed by atoms with Gasteiger partial charge in [0.25, 0.3) is 0 Å². The molecule has 132 valence electrons. The van der Waals surface area contributed by atoms with Gasteiger partial charge in [-0.25, -0.2) is 0 Å². The van der Waals surface area contributed by atoms with Gasteiger partial charge in [0.05, 0.1) is 21.3 Å². The summed E-state index contributed by atoms with van der Waals surface area (Å²) in [7, 11) is 4.99. The third kappa shape index (κ3) is 4.06. The van der Waals surface area contributed by atoms with Crippen molar-refractivity contribution in [2.75, 3.05) is 21.3 Å². The van der Waals surface area contributed by atoms with Crippen molar-refractivity contribution in [1.29, 1.82) is 0 Å². The molecule has 0 atom stereocenters. The molecule has 0 N–H and O–H groups in total. The molecule has 26 heavy (non-hydrogen) atoms. The fraction of sp³-hybridized carbons (Fsp3) is 0.130. The zero-order valence-electron chi connectivity index (χ0n) is 15.2. The van der Waals surface area contributed by atoms with Crippen LogP contribution in [0, 0.1) is 0 Å². The Bertz CT molecular complexity index is 873. The van der Waals surface area contributed by atoms with Crippen molar-refractivity contribution in [1.82, 2.24) is 0 Å². The maximum atomic E-state index is 5.40. The first-order chi connectivity index (χ1) is 12.7. The molecule has 3 aromatic rings. The van der Waals surface area contributed by atoms with E-state index in [9.17, 15) is 0 Å². The highest BCUT2D eigenvalue weighted by Crippen LogP contribution is 2.32. The molecule has 0 aliphatic carbocycles. The number of methoxy groups -OCH3 is 3. The summed E-state index contributed by atoms with van der Waals surface area (Å²) in [6.07, 6.45) is 4.21. The molecule has 3 aromatic carbocycles. The lowest BCUT2D eigenvalue weighted by molar-refractivity contribution is 0.394. The molecule has 0 aliphatic rings. The summed E-state index contributed by atoms with van der Waals surface area (Å²) in [5, 5.41) is 0. The largest absolute Gasteiger partial charge is 0.497 e. The molecule has 0 aliphatic heterocycles. The molecule has 0 aromatic heterocycles. The summed E-state index contributed by atoms with van der Waals surface area (Å²) < 4.78 is 16.0. The molecule has 0 unspecified atom stereocenters. The van der Waals surface area contributed by atoms with Crippen molar-refractivity contribution in [3.63, 3.8) is 0 Å². The number of benzene rings is 3. The second-order valence-corrected chi connectivity index (χ2v) is 5.80. The Hall–Kier alpha value is -3.20. The van der Waals surface area contributed by atoms with Gasteiger partial charge >= 0.3 is 0 Å². The molecule has 0 spiro atoms. The molecule has 3 heteroatoms. The Morgan fingerprint density at radius 1 is 0.615 bits per heavy atom. The highest BCUT2D eigenvalue weighted by Gasteiger charge is 2.07. The van der Waals surface area contributed by atoms with Crippen molar-refractivity contribution in [3.8, 4) is 28.4 Å². The van der Waals surface area contributed by atoms with Crippen LogP contribution in [0.3, 0.4) is 0 Å². The highest BCUT2D eigenvalue weighted by atomic mass is 16.5. The van der Waals surface area contributed by atoms with Crippen molar-refractivity contribution >= 4 is 12.2 Å². The molecule has 0 saturated heterocycles. The number of ether oxygens (including phenoxy) is 3. The molecule has 0 bridgehead atoms. The van der Waals surface area contributed by atoms with Crippen molar-refractivity contribution in [2.24, 2.45) is 0 Å². The molecule has 0 saturated carbocycles. The van der Waals surface area contributed by atoms with E-state index >= 15 is 0 Å². The van der Waals surface area contributed by atoms with E-state index in [-0.39, 0.29) is 0 Å². The zero-order valence-corrected chi connectivity index (χ0v) is 15.2. The molecule has 3 rings (SSSR count). The Morgan fingerprint density at radius 2 is 1.23 bits per heavy atom. The lowest BCUT2D eigenvalue weighted by Gasteiger charge is -2.11. The first-order valence-corrected chi connectivity index (χ1v) is 8.38. The second-order valence-electron chi connectivity index (χ2n) is 5.80. The number of hydrogen-bond donors (Lipinski definition) is 0. The molecule has 0 fully saturated rings. The summed E-state index contributed by atoms with van der Waals surface area (Å²) >= 11 is 0. The van der Waals surface area contributed by atoms with E-state index in [4.69, 9.17) is 14.2 Å². The summed E-state index contributed by atoms with van der Waals surface area (Å²) in [4.78, 5) is 0. The highest BCUT2D eigenvalue weighted by molar-refractivity contribution is 5.81. The van der Waals surface area contributed by atoms with Gasteiger partial charge in [-0.15, -0.1) is 0 Å². The minimum atomic E-state index is 0.772. The second kappa shape index (κ2) is 8.26. The lowest BCUT2D eigenvalue weighted by atomic mass is 9.98. The standard InChI is InChI=1S/C23H22O3/c1-24-20-12-9-17(10-13-20)8-11-18-6-4-5-7-23(18)19-14-21(25-2)16-22(15-19)26-3/h4-16H,1-3H3. The van der Waals surface area contributed by atoms with Gasteiger partial charge < -0.3 is 14.2 Å². The van der Waals surface area contributed by atoms with Crippen LogP contribution in [0.15, 0.2) is 66.7 Å². The van der Waals surface area contributed by atoms with Crippen LogP contribution in [-0.2, 0) is 0 Å². The maximum Gasteiger partial charge on any atom is 0.123 e. The van der Waals surface area contributed by atoms with Gasteiger partial charge in [-0.1, -0.05) is 48.6 Å². The molecular formula is C23H22O3. The fourth-order valence-corrected chi connectivity index (χ4v) is 2.77. The van der Waals surface area contributed by atoms with Gasteiger partial charge in [-0.05, 0) is 46.5 Å². The van der Waals surface area contributed by atoms with Gasteiger partial charge in [0.1, 0.15) is 17.2 Å². The van der Waals surface area contributed by atoms with Crippen LogP contribution in [0.2, 0.25) is 0 Å². The summed E-state index contributed by atoms with van der Waals surface area (Å²) in [6, 6.07) is 22.2. The molecule has 0 radical (unpaired) electrons. The predicted octanol–water partition coefficient (Wildman–Crippen LogP) is 5.55. The Balaban J connectivity index is 1.96. The first-order valence-electron chi connectivity index (χ1n) is 8.38. The van der Waals surface area contributed by atoms with Crippen molar-refractivity contribution in [3.05, 3.63) is 77.9 Å². The van der Waals surface area contributed by atoms with E-state index in [2.05, 4.69) is 24.3 Å². The summed E-state index contributed by atoms with van der Waals surface area (Å²) in [5.41, 5.74) is 4.41. The first kappa shape index (κ1) is 17.6. The monoisotopic (exact) mass is 346 g/mol. The lowest BCUT2D eigenvalue weighted by Crippen LogP contribution is -1.90. The Morgan fingerprint density at radius 3 is 1.85 bits per heavy atom. The minimum absolute atomic E-state index is 0.772. The van der Waals surface area contributed by atoms with Gasteiger partial charge in [-0.2, -0.15) is 0 Å². The number of rotatable bonds is 6. The van der Waals surface area contributed by atoms with Crippen molar-refractivity contribution < 1.29 is 14.2 Å². The smallest absolute Gasteiger partial charge is 0.123 e. The Labute approximate surface area is 154 Å². The van der Waals surface area contributed by atoms with Crippen LogP contribution >= 0.6 is 0 Å². The van der Waals surface area contributed by atoms with Crippen LogP contribution in [0.1, 0.15) is 11.1 Å². The van der Waals surface area contributed by atoms with Gasteiger partial charge in [0.2, 0.25) is 0 Å². The van der Waals surface area contributed by atoms with Crippen molar-refractivity contribution in [2.45, 2.75) is 0 Å². The van der Waals surface area contributed by atoms with Crippen LogP contribution in [0.5, 0.6) is 17.2 Å². The average molecular weight is 346 g/mol. The zero-order chi connectivity index (χ0) is 18.4. The average Bonchev–Trinajstić information content (AvgIpc) is 2.72. The van der Waals surface area contributed by atoms with Gasteiger partial charge in [0.15, 0.2) is 0 Å². The quantitative estimate of drug-likeness (QED) is 0.548. The number of hydrogen-bond acceptors (Lipinski definition) is 3. The van der Waals surface area contributed by atoms with Crippen LogP contribution in [0.4, 0.5) is 0 Å². The summed E-state index contributed by atoms with van der Waals surface area (Å²) in [6.45, 7) is 0. The van der Waals surface area contributed by atoms with E-state index in [0.717, 1.165) is 39.5 Å². The minimum Gasteiger partial charge on any atom is -0.497 e. The third-order valence-corrected chi connectivity index (χ3v) is 4.19. The van der Waals surface area contributed by atoms with Gasteiger partial charge in [0, 0.05) is 6.07 Å². The van der Waals surface area contributed by atoms with Crippen LogP contribution in [-0.4, -0.2) is 21.3 Å². The van der Waals surface area contributed by atoms with Gasteiger partial charge in [-0.3, -0.25) is 0 Å². The SMILES string of the molecule is COc1ccc(C=Cc2ccccc2-c2cc(OC)cc(OC)c2)cc1. The molecule has 0 amide bonds. The normalized spacial score (nSPS) is 10.7. The Kier molecular flexibility index (Phi) is 5.59. The molecule has 0 heterocycles. The predicted molar refractivity (Wildman–Crippen MR) is 107 cm³/mol. The van der Waals surface area contributed by atoms with E-state index in [1.54, 1.807) is 21.3 Å². The van der Waals surface area contributed by atoms with E-state index < -0.39 is 0 Å². The van der Waals surface area contributed by atoms with Crippen LogP contribution in [0.25, 0.3) is 23.3 Å². The maximum absolute atomic E-state index is 5.40. The molecule has 3 nitrogen and oxygen atoms in total. The van der Waals surface area contributed by atoms with E-state index in [1.165, 1.54) is 0 Å². The van der Waals surface area contributed by atoms with Crippen LogP contribution < -0.4 is 14.2 Å². The summed E-state index contributed by atoms with van der Waals surface area (Å²) in [5.74, 6) is 2.40. The molecular weight excluding hydrogens is 324 g/mol. The van der Waals surface area contributed by atoms with E-state index in [1.807, 2.05) is 54.6 Å².